The Kier molecular flexibility index (Phi) is 6.59. The predicted molar refractivity (Wildman–Crippen MR) is 91.5 cm³/mol. The van der Waals surface area contributed by atoms with E-state index < -0.39 is 10.0 Å². The molecule has 0 atom stereocenters. The lowest BCUT2D eigenvalue weighted by Gasteiger charge is -2.30. The van der Waals surface area contributed by atoms with Crippen molar-refractivity contribution in [2.75, 3.05) is 25.4 Å². The van der Waals surface area contributed by atoms with E-state index in [0.717, 1.165) is 37.9 Å². The molecule has 6 heteroatoms. The molecule has 1 aromatic rings. The second-order valence-electron chi connectivity index (χ2n) is 6.29. The number of sulfonamides is 1. The Labute approximate surface area is 139 Å². The molecule has 1 aromatic carbocycles. The lowest BCUT2D eigenvalue weighted by Crippen LogP contribution is -2.44. The molecule has 1 N–H and O–H groups in total. The number of carbonyl (C=O) groups is 1. The van der Waals surface area contributed by atoms with E-state index in [9.17, 15) is 13.2 Å². The quantitative estimate of drug-likeness (QED) is 0.824. The molecule has 1 aliphatic rings. The molecule has 1 heterocycles. The van der Waals surface area contributed by atoms with Crippen LogP contribution < -0.4 is 4.72 Å². The van der Waals surface area contributed by atoms with E-state index in [-0.39, 0.29) is 18.2 Å². The Bertz CT molecular complexity index is 594. The summed E-state index contributed by atoms with van der Waals surface area (Å²) < 4.78 is 26.4. The summed E-state index contributed by atoms with van der Waals surface area (Å²) in [4.78, 5) is 13.8. The first-order valence-corrected chi connectivity index (χ1v) is 9.90. The van der Waals surface area contributed by atoms with Gasteiger partial charge in [0.05, 0.1) is 12.3 Å². The van der Waals surface area contributed by atoms with Crippen LogP contribution in [0, 0.1) is 5.92 Å². The maximum atomic E-state index is 12.0. The average Bonchev–Trinajstić information content (AvgIpc) is 2.54. The van der Waals surface area contributed by atoms with Gasteiger partial charge in [-0.1, -0.05) is 37.3 Å². The summed E-state index contributed by atoms with van der Waals surface area (Å²) in [6, 6.07) is 9.80. The van der Waals surface area contributed by atoms with Crippen molar-refractivity contribution in [2.45, 2.75) is 32.6 Å². The summed E-state index contributed by atoms with van der Waals surface area (Å²) in [7, 11) is -3.39. The number of nitrogens with one attached hydrogen (secondary N) is 1. The van der Waals surface area contributed by atoms with Gasteiger partial charge < -0.3 is 4.90 Å². The topological polar surface area (TPSA) is 66.5 Å². The van der Waals surface area contributed by atoms with Crippen LogP contribution in [0.3, 0.4) is 0 Å². The van der Waals surface area contributed by atoms with Crippen LogP contribution in [0.1, 0.15) is 31.7 Å². The van der Waals surface area contributed by atoms with Crippen LogP contribution in [-0.2, 0) is 21.2 Å². The number of nitrogens with zero attached hydrogens (tertiary/aromatic N) is 1. The zero-order valence-electron chi connectivity index (χ0n) is 13.7. The summed E-state index contributed by atoms with van der Waals surface area (Å²) in [5.74, 6) is 0.573. The molecule has 1 aliphatic heterocycles. The van der Waals surface area contributed by atoms with Gasteiger partial charge in [0.15, 0.2) is 0 Å². The van der Waals surface area contributed by atoms with Crippen LogP contribution in [-0.4, -0.2) is 44.6 Å². The summed E-state index contributed by atoms with van der Waals surface area (Å²) in [5.41, 5.74) is 1.13. The minimum absolute atomic E-state index is 0.0478. The summed E-state index contributed by atoms with van der Waals surface area (Å²) >= 11 is 0. The normalized spacial score (nSPS) is 16.5. The van der Waals surface area contributed by atoms with E-state index in [2.05, 4.69) is 11.6 Å². The number of piperidine rings is 1. The number of benzene rings is 1. The van der Waals surface area contributed by atoms with E-state index in [1.165, 1.54) is 0 Å². The Morgan fingerprint density at radius 3 is 2.52 bits per heavy atom. The minimum atomic E-state index is -3.39. The molecule has 1 amide bonds. The molecule has 128 valence electrons. The van der Waals surface area contributed by atoms with Crippen molar-refractivity contribution in [3.05, 3.63) is 35.9 Å². The predicted octanol–water partition coefficient (Wildman–Crippen LogP) is 1.80. The smallest absolute Gasteiger partial charge is 0.237 e. The molecule has 0 radical (unpaired) electrons. The van der Waals surface area contributed by atoms with Crippen molar-refractivity contribution < 1.29 is 13.2 Å². The number of carbonyl (C=O) groups excluding carboxylic acids is 1. The van der Waals surface area contributed by atoms with Crippen LogP contribution in [0.25, 0.3) is 0 Å². The van der Waals surface area contributed by atoms with Crippen LogP contribution >= 0.6 is 0 Å². The molecule has 1 saturated heterocycles. The van der Waals surface area contributed by atoms with Crippen molar-refractivity contribution >= 4 is 15.9 Å². The van der Waals surface area contributed by atoms with Gasteiger partial charge in [0, 0.05) is 13.1 Å². The van der Waals surface area contributed by atoms with E-state index in [4.69, 9.17) is 0 Å². The lowest BCUT2D eigenvalue weighted by molar-refractivity contribution is -0.131. The highest BCUT2D eigenvalue weighted by Gasteiger charge is 2.21. The van der Waals surface area contributed by atoms with Gasteiger partial charge in [0.2, 0.25) is 15.9 Å². The molecule has 2 rings (SSSR count). The summed E-state index contributed by atoms with van der Waals surface area (Å²) in [6.45, 7) is 3.52. The minimum Gasteiger partial charge on any atom is -0.342 e. The first-order chi connectivity index (χ1) is 11.0. The molecule has 0 aromatic heterocycles. The zero-order valence-corrected chi connectivity index (χ0v) is 14.5. The van der Waals surface area contributed by atoms with Gasteiger partial charge in [-0.25, -0.2) is 13.1 Å². The molecule has 23 heavy (non-hydrogen) atoms. The molecule has 5 nitrogen and oxygen atoms in total. The number of hydrogen-bond donors (Lipinski definition) is 1. The van der Waals surface area contributed by atoms with Crippen molar-refractivity contribution in [1.29, 1.82) is 0 Å². The van der Waals surface area contributed by atoms with Crippen molar-refractivity contribution in [3.8, 4) is 0 Å². The van der Waals surface area contributed by atoms with Gasteiger partial charge in [-0.3, -0.25) is 4.79 Å². The van der Waals surface area contributed by atoms with Gasteiger partial charge >= 0.3 is 0 Å². The van der Waals surface area contributed by atoms with Crippen molar-refractivity contribution in [1.82, 2.24) is 9.62 Å². The average molecular weight is 338 g/mol. The van der Waals surface area contributed by atoms with Crippen LogP contribution in [0.4, 0.5) is 0 Å². The van der Waals surface area contributed by atoms with Crippen LogP contribution in [0.2, 0.25) is 0 Å². The first-order valence-electron chi connectivity index (χ1n) is 8.25. The Balaban J connectivity index is 1.70. The monoisotopic (exact) mass is 338 g/mol. The van der Waals surface area contributed by atoms with Crippen LogP contribution in [0.5, 0.6) is 0 Å². The number of likely N-dealkylation sites (tertiary alicyclic amines) is 1. The van der Waals surface area contributed by atoms with Crippen molar-refractivity contribution in [2.24, 2.45) is 5.92 Å². The maximum absolute atomic E-state index is 12.0. The number of amides is 1. The molecule has 1 fully saturated rings. The van der Waals surface area contributed by atoms with Gasteiger partial charge in [0.1, 0.15) is 0 Å². The van der Waals surface area contributed by atoms with E-state index in [1.54, 1.807) is 4.90 Å². The first kappa shape index (κ1) is 17.9. The molecule has 0 spiro atoms. The number of rotatable bonds is 7. The number of aryl methyl sites for hydroxylation is 1. The Hall–Kier alpha value is -1.40. The van der Waals surface area contributed by atoms with E-state index in [1.807, 2.05) is 30.3 Å². The lowest BCUT2D eigenvalue weighted by atomic mass is 9.99. The fourth-order valence-electron chi connectivity index (χ4n) is 2.72. The zero-order chi connectivity index (χ0) is 16.7. The number of hydrogen-bond acceptors (Lipinski definition) is 3. The Morgan fingerprint density at radius 2 is 1.87 bits per heavy atom. The standard InChI is InChI=1S/C17H26N2O3S/c1-15-9-11-19(12-10-15)17(20)14-18-23(21,22)13-5-8-16-6-3-2-4-7-16/h2-4,6-7,15,18H,5,8-14H2,1H3. The largest absolute Gasteiger partial charge is 0.342 e. The summed E-state index contributed by atoms with van der Waals surface area (Å²) in [5, 5.41) is 0. The highest BCUT2D eigenvalue weighted by atomic mass is 32.2. The second kappa shape index (κ2) is 8.45. The third kappa shape index (κ3) is 6.31. The molecule has 0 saturated carbocycles. The summed E-state index contributed by atoms with van der Waals surface area (Å²) in [6.07, 6.45) is 3.26. The fourth-order valence-corrected chi connectivity index (χ4v) is 3.74. The van der Waals surface area contributed by atoms with Crippen LogP contribution in [0.15, 0.2) is 30.3 Å². The highest BCUT2D eigenvalue weighted by Crippen LogP contribution is 2.15. The van der Waals surface area contributed by atoms with Gasteiger partial charge in [-0.05, 0) is 37.2 Å². The SMILES string of the molecule is CC1CCN(C(=O)CNS(=O)(=O)CCCc2ccccc2)CC1. The molecular weight excluding hydrogens is 312 g/mol. The van der Waals surface area contributed by atoms with Gasteiger partial charge in [0.25, 0.3) is 0 Å². The molecule has 0 aliphatic carbocycles. The third-order valence-electron chi connectivity index (χ3n) is 4.30. The maximum Gasteiger partial charge on any atom is 0.237 e. The van der Waals surface area contributed by atoms with Gasteiger partial charge in [-0.15, -0.1) is 0 Å². The molecule has 0 unspecified atom stereocenters. The fraction of sp³-hybridized carbons (Fsp3) is 0.588. The second-order valence-corrected chi connectivity index (χ2v) is 8.22. The van der Waals surface area contributed by atoms with E-state index >= 15 is 0 Å². The van der Waals surface area contributed by atoms with E-state index in [0.29, 0.717) is 12.3 Å². The highest BCUT2D eigenvalue weighted by molar-refractivity contribution is 7.89. The third-order valence-corrected chi connectivity index (χ3v) is 5.71. The molecule has 0 bridgehead atoms. The van der Waals surface area contributed by atoms with Gasteiger partial charge in [-0.2, -0.15) is 0 Å². The Morgan fingerprint density at radius 1 is 1.22 bits per heavy atom. The van der Waals surface area contributed by atoms with Crippen molar-refractivity contribution in [3.63, 3.8) is 0 Å². The molecular formula is C17H26N2O3S.